The molecule has 0 aliphatic heterocycles. The topological polar surface area (TPSA) is 59.2 Å². The lowest BCUT2D eigenvalue weighted by atomic mass is 10.1. The van der Waals surface area contributed by atoms with E-state index in [0.29, 0.717) is 5.88 Å². The van der Waals surface area contributed by atoms with Crippen LogP contribution in [0.4, 0.5) is 0 Å². The maximum absolute atomic E-state index is 11.2. The molecule has 1 aromatic heterocycles. The molecule has 1 aromatic rings. The molecule has 0 fully saturated rings. The quantitative estimate of drug-likeness (QED) is 0.714. The minimum atomic E-state index is -0.288. The van der Waals surface area contributed by atoms with Crippen molar-refractivity contribution >= 4 is 28.8 Å². The van der Waals surface area contributed by atoms with Crippen LogP contribution in [-0.2, 0) is 10.7 Å². The highest BCUT2D eigenvalue weighted by molar-refractivity contribution is 7.09. The van der Waals surface area contributed by atoms with Crippen LogP contribution in [0.1, 0.15) is 49.9 Å². The number of amides is 1. The van der Waals surface area contributed by atoms with Gasteiger partial charge in [0.15, 0.2) is 0 Å². The highest BCUT2D eigenvalue weighted by atomic mass is 35.5. The molecule has 0 aliphatic carbocycles. The molecule has 0 aromatic carbocycles. The van der Waals surface area contributed by atoms with Crippen LogP contribution in [0.25, 0.3) is 0 Å². The van der Waals surface area contributed by atoms with E-state index < -0.39 is 0 Å². The monoisotopic (exact) mass is 303 g/mol. The van der Waals surface area contributed by atoms with Crippen LogP contribution in [0, 0.1) is 0 Å². The summed E-state index contributed by atoms with van der Waals surface area (Å²) in [6.45, 7) is 5.40. The fraction of sp³-hybridized carbons (Fsp3) is 0.692. The zero-order valence-electron chi connectivity index (χ0n) is 11.6. The second-order valence-corrected chi connectivity index (χ2v) is 5.68. The number of aromatic nitrogens is 1. The Morgan fingerprint density at radius 3 is 2.79 bits per heavy atom. The fourth-order valence-electron chi connectivity index (χ4n) is 2.03. The van der Waals surface area contributed by atoms with Crippen molar-refractivity contribution in [1.82, 2.24) is 9.88 Å². The minimum Gasteiger partial charge on any atom is -0.369 e. The number of alkyl halides is 1. The zero-order valence-corrected chi connectivity index (χ0v) is 13.1. The van der Waals surface area contributed by atoms with Crippen molar-refractivity contribution in [1.29, 1.82) is 0 Å². The second-order valence-electron chi connectivity index (χ2n) is 4.53. The summed E-state index contributed by atoms with van der Waals surface area (Å²) in [4.78, 5) is 17.9. The first-order valence-electron chi connectivity index (χ1n) is 6.64. The van der Waals surface area contributed by atoms with Gasteiger partial charge < -0.3 is 5.73 Å². The van der Waals surface area contributed by atoms with Gasteiger partial charge in [-0.25, -0.2) is 4.98 Å². The Balaban J connectivity index is 2.84. The third kappa shape index (κ3) is 5.09. The molecule has 4 nitrogen and oxygen atoms in total. The Bertz CT molecular complexity index is 397. The van der Waals surface area contributed by atoms with Gasteiger partial charge in [0, 0.05) is 5.38 Å². The van der Waals surface area contributed by atoms with Crippen molar-refractivity contribution in [2.45, 2.75) is 45.0 Å². The highest BCUT2D eigenvalue weighted by Crippen LogP contribution is 2.27. The Morgan fingerprint density at radius 1 is 1.58 bits per heavy atom. The summed E-state index contributed by atoms with van der Waals surface area (Å²) in [6, 6.07) is 0.154. The SMILES string of the molecule is CCCCN(CC(N)=O)C(CC)c1nc(CCl)cs1. The van der Waals surface area contributed by atoms with Crippen LogP contribution in [0.5, 0.6) is 0 Å². The summed E-state index contributed by atoms with van der Waals surface area (Å²) in [5.74, 6) is 0.140. The molecule has 1 rings (SSSR count). The molecule has 1 unspecified atom stereocenters. The Kier molecular flexibility index (Phi) is 7.34. The number of thiazole rings is 1. The van der Waals surface area contributed by atoms with Crippen molar-refractivity contribution in [3.63, 3.8) is 0 Å². The van der Waals surface area contributed by atoms with E-state index in [-0.39, 0.29) is 18.5 Å². The lowest BCUT2D eigenvalue weighted by molar-refractivity contribution is -0.119. The predicted octanol–water partition coefficient (Wildman–Crippen LogP) is 2.92. The first kappa shape index (κ1) is 16.4. The van der Waals surface area contributed by atoms with E-state index in [1.807, 2.05) is 5.38 Å². The average Bonchev–Trinajstić information content (AvgIpc) is 2.84. The third-order valence-electron chi connectivity index (χ3n) is 2.98. The summed E-state index contributed by atoms with van der Waals surface area (Å²) in [7, 11) is 0. The number of nitrogens with two attached hydrogens (primary N) is 1. The number of carbonyl (C=O) groups excluding carboxylic acids is 1. The lowest BCUT2D eigenvalue weighted by Crippen LogP contribution is -2.37. The van der Waals surface area contributed by atoms with Gasteiger partial charge in [0.2, 0.25) is 5.91 Å². The molecule has 6 heteroatoms. The number of carbonyl (C=O) groups is 1. The van der Waals surface area contributed by atoms with Crippen LogP contribution in [0.3, 0.4) is 0 Å². The molecule has 1 heterocycles. The van der Waals surface area contributed by atoms with Gasteiger partial charge in [-0.2, -0.15) is 0 Å². The molecule has 1 atom stereocenters. The van der Waals surface area contributed by atoms with Crippen LogP contribution in [0.15, 0.2) is 5.38 Å². The van der Waals surface area contributed by atoms with Crippen molar-refractivity contribution in [2.24, 2.45) is 5.73 Å². The summed E-state index contributed by atoms with van der Waals surface area (Å²) in [5, 5.41) is 3.00. The summed E-state index contributed by atoms with van der Waals surface area (Å²) < 4.78 is 0. The van der Waals surface area contributed by atoms with Gasteiger partial charge >= 0.3 is 0 Å². The van der Waals surface area contributed by atoms with E-state index in [0.717, 1.165) is 36.5 Å². The summed E-state index contributed by atoms with van der Waals surface area (Å²) in [6.07, 6.45) is 3.06. The van der Waals surface area contributed by atoms with Crippen LogP contribution in [-0.4, -0.2) is 28.9 Å². The smallest absolute Gasteiger partial charge is 0.231 e. The van der Waals surface area contributed by atoms with Gasteiger partial charge in [-0.15, -0.1) is 22.9 Å². The van der Waals surface area contributed by atoms with E-state index in [4.69, 9.17) is 17.3 Å². The number of unbranched alkanes of at least 4 members (excludes halogenated alkanes) is 1. The number of rotatable bonds is 9. The summed E-state index contributed by atoms with van der Waals surface area (Å²) >= 11 is 7.40. The van der Waals surface area contributed by atoms with E-state index in [2.05, 4.69) is 23.7 Å². The molecule has 0 aliphatic rings. The molecular weight excluding hydrogens is 282 g/mol. The van der Waals surface area contributed by atoms with Crippen LogP contribution >= 0.6 is 22.9 Å². The van der Waals surface area contributed by atoms with Gasteiger partial charge in [-0.3, -0.25) is 9.69 Å². The minimum absolute atomic E-state index is 0.154. The number of hydrogen-bond acceptors (Lipinski definition) is 4. The maximum atomic E-state index is 11.2. The standard InChI is InChI=1S/C13H22ClN3OS/c1-3-5-6-17(8-12(15)18)11(4-2)13-16-10(7-14)9-19-13/h9,11H,3-8H2,1-2H3,(H2,15,18). The number of primary amides is 1. The van der Waals surface area contributed by atoms with Gasteiger partial charge in [0.1, 0.15) is 5.01 Å². The second kappa shape index (κ2) is 8.51. The molecule has 0 spiro atoms. The Morgan fingerprint density at radius 2 is 2.32 bits per heavy atom. The molecule has 0 radical (unpaired) electrons. The molecule has 19 heavy (non-hydrogen) atoms. The van der Waals surface area contributed by atoms with Gasteiger partial charge in [-0.05, 0) is 19.4 Å². The Labute approximate surface area is 124 Å². The molecule has 0 saturated heterocycles. The first-order chi connectivity index (χ1) is 9.12. The predicted molar refractivity (Wildman–Crippen MR) is 80.4 cm³/mol. The molecular formula is C13H22ClN3OS. The van der Waals surface area contributed by atoms with E-state index in [1.54, 1.807) is 11.3 Å². The average molecular weight is 304 g/mol. The molecule has 108 valence electrons. The zero-order chi connectivity index (χ0) is 14.3. The van der Waals surface area contributed by atoms with E-state index in [9.17, 15) is 4.79 Å². The van der Waals surface area contributed by atoms with Crippen molar-refractivity contribution in [3.8, 4) is 0 Å². The van der Waals surface area contributed by atoms with E-state index in [1.165, 1.54) is 0 Å². The van der Waals surface area contributed by atoms with Crippen molar-refractivity contribution < 1.29 is 4.79 Å². The maximum Gasteiger partial charge on any atom is 0.231 e. The number of hydrogen-bond donors (Lipinski definition) is 1. The summed E-state index contributed by atoms with van der Waals surface area (Å²) in [5.41, 5.74) is 6.25. The normalized spacial score (nSPS) is 12.8. The first-order valence-corrected chi connectivity index (χ1v) is 8.06. The van der Waals surface area contributed by atoms with Crippen LogP contribution < -0.4 is 5.73 Å². The van der Waals surface area contributed by atoms with Gasteiger partial charge in [0.25, 0.3) is 0 Å². The number of nitrogens with zero attached hydrogens (tertiary/aromatic N) is 2. The Hall–Kier alpha value is -0.650. The number of halogens is 1. The van der Waals surface area contributed by atoms with E-state index >= 15 is 0 Å². The van der Waals surface area contributed by atoms with Gasteiger partial charge in [-0.1, -0.05) is 20.3 Å². The molecule has 0 saturated carbocycles. The fourth-order valence-corrected chi connectivity index (χ4v) is 3.30. The van der Waals surface area contributed by atoms with Gasteiger partial charge in [0.05, 0.1) is 24.2 Å². The lowest BCUT2D eigenvalue weighted by Gasteiger charge is -2.28. The molecule has 1 amide bonds. The largest absolute Gasteiger partial charge is 0.369 e. The molecule has 0 bridgehead atoms. The highest BCUT2D eigenvalue weighted by Gasteiger charge is 2.22. The molecule has 2 N–H and O–H groups in total. The van der Waals surface area contributed by atoms with Crippen molar-refractivity contribution in [3.05, 3.63) is 16.1 Å². The third-order valence-corrected chi connectivity index (χ3v) is 4.25. The van der Waals surface area contributed by atoms with Crippen LogP contribution in [0.2, 0.25) is 0 Å². The van der Waals surface area contributed by atoms with Crippen molar-refractivity contribution in [2.75, 3.05) is 13.1 Å².